The van der Waals surface area contributed by atoms with Gasteiger partial charge in [-0.15, -0.1) is 0 Å². The van der Waals surface area contributed by atoms with E-state index in [1.54, 1.807) is 7.11 Å². The minimum Gasteiger partial charge on any atom is -0.397 e. The van der Waals surface area contributed by atoms with E-state index < -0.39 is 0 Å². The maximum Gasteiger partial charge on any atom is 0.224 e. The van der Waals surface area contributed by atoms with Crippen LogP contribution in [0.15, 0.2) is 12.1 Å². The van der Waals surface area contributed by atoms with Gasteiger partial charge in [0, 0.05) is 31.8 Å². The first-order valence-corrected chi connectivity index (χ1v) is 7.04. The summed E-state index contributed by atoms with van der Waals surface area (Å²) in [6.45, 7) is 5.66. The molecule has 2 rings (SSSR count). The van der Waals surface area contributed by atoms with Crippen molar-refractivity contribution in [3.8, 4) is 0 Å². The zero-order valence-electron chi connectivity index (χ0n) is 12.4. The van der Waals surface area contributed by atoms with E-state index in [1.165, 1.54) is 0 Å². The molecule has 0 fully saturated rings. The van der Waals surface area contributed by atoms with Gasteiger partial charge >= 0.3 is 0 Å². The summed E-state index contributed by atoms with van der Waals surface area (Å²) < 4.78 is 5.23. The molecule has 5 heteroatoms. The number of ether oxygens (including phenoxy) is 1. The fourth-order valence-corrected chi connectivity index (χ4v) is 2.74. The number of carbonyl (C=O) groups is 1. The molecular weight excluding hydrogens is 254 g/mol. The minimum atomic E-state index is 0.0706. The van der Waals surface area contributed by atoms with E-state index in [0.29, 0.717) is 13.0 Å². The lowest BCUT2D eigenvalue weighted by Crippen LogP contribution is -2.36. The normalized spacial score (nSPS) is 15.4. The van der Waals surface area contributed by atoms with Crippen molar-refractivity contribution >= 4 is 23.0 Å². The molecule has 1 atom stereocenters. The number of anilines is 3. The van der Waals surface area contributed by atoms with Gasteiger partial charge in [0.2, 0.25) is 5.91 Å². The highest BCUT2D eigenvalue weighted by atomic mass is 16.5. The minimum absolute atomic E-state index is 0.0706. The number of benzene rings is 1. The van der Waals surface area contributed by atoms with Gasteiger partial charge in [0.05, 0.1) is 18.0 Å². The lowest BCUT2D eigenvalue weighted by Gasteiger charge is -2.32. The predicted octanol–water partition coefficient (Wildman–Crippen LogP) is 2.01. The Morgan fingerprint density at radius 2 is 2.20 bits per heavy atom. The van der Waals surface area contributed by atoms with Crippen LogP contribution in [0.2, 0.25) is 0 Å². The van der Waals surface area contributed by atoms with Gasteiger partial charge in [-0.3, -0.25) is 4.79 Å². The summed E-state index contributed by atoms with van der Waals surface area (Å²) in [5.74, 6) is 0.0706. The summed E-state index contributed by atoms with van der Waals surface area (Å²) >= 11 is 0. The number of aryl methyl sites for hydroxylation is 1. The summed E-state index contributed by atoms with van der Waals surface area (Å²) in [6, 6.07) is 4.19. The Balaban J connectivity index is 2.35. The Labute approximate surface area is 120 Å². The van der Waals surface area contributed by atoms with Crippen molar-refractivity contribution in [1.29, 1.82) is 0 Å². The van der Waals surface area contributed by atoms with Crippen molar-refractivity contribution in [3.05, 3.63) is 17.7 Å². The van der Waals surface area contributed by atoms with Crippen molar-refractivity contribution in [3.63, 3.8) is 0 Å². The molecule has 20 heavy (non-hydrogen) atoms. The zero-order valence-corrected chi connectivity index (χ0v) is 12.4. The third kappa shape index (κ3) is 2.88. The molecule has 1 aliphatic rings. The number of methoxy groups -OCH3 is 1. The molecule has 0 aromatic heterocycles. The number of rotatable bonds is 5. The Kier molecular flexibility index (Phi) is 4.49. The number of nitrogens with zero attached hydrogens (tertiary/aromatic N) is 1. The number of fused-ring (bicyclic) bond motifs is 1. The van der Waals surface area contributed by atoms with Gasteiger partial charge in [0.25, 0.3) is 0 Å². The van der Waals surface area contributed by atoms with Crippen LogP contribution in [0.4, 0.5) is 17.1 Å². The molecule has 3 N–H and O–H groups in total. The van der Waals surface area contributed by atoms with Gasteiger partial charge in [0.15, 0.2) is 0 Å². The molecule has 0 spiro atoms. The lowest BCUT2D eigenvalue weighted by atomic mass is 10.0. The number of hydrogen-bond donors (Lipinski definition) is 2. The van der Waals surface area contributed by atoms with Gasteiger partial charge in [-0.25, -0.2) is 0 Å². The molecule has 1 aromatic rings. The quantitative estimate of drug-likeness (QED) is 0.808. The molecular formula is C15H23N3O2. The number of carbonyl (C=O) groups excluding carboxylic acids is 1. The summed E-state index contributed by atoms with van der Waals surface area (Å²) in [5.41, 5.74) is 9.90. The second kappa shape index (κ2) is 6.13. The number of nitrogen functional groups attached to an aromatic ring is 1. The van der Waals surface area contributed by atoms with E-state index in [-0.39, 0.29) is 11.9 Å². The summed E-state index contributed by atoms with van der Waals surface area (Å²) in [6.07, 6.45) is 1.29. The van der Waals surface area contributed by atoms with E-state index in [0.717, 1.165) is 35.6 Å². The molecule has 0 saturated heterocycles. The average molecular weight is 277 g/mol. The maximum atomic E-state index is 11.5. The molecule has 1 unspecified atom stereocenters. The predicted molar refractivity (Wildman–Crippen MR) is 82.2 cm³/mol. The van der Waals surface area contributed by atoms with E-state index >= 15 is 0 Å². The van der Waals surface area contributed by atoms with Crippen LogP contribution in [0.1, 0.15) is 25.8 Å². The maximum absolute atomic E-state index is 11.5. The summed E-state index contributed by atoms with van der Waals surface area (Å²) in [7, 11) is 1.70. The molecule has 0 aliphatic carbocycles. The molecule has 1 amide bonds. The van der Waals surface area contributed by atoms with Crippen molar-refractivity contribution < 1.29 is 9.53 Å². The van der Waals surface area contributed by atoms with Crippen LogP contribution in [0.25, 0.3) is 0 Å². The van der Waals surface area contributed by atoms with Crippen LogP contribution in [0.5, 0.6) is 0 Å². The van der Waals surface area contributed by atoms with Gasteiger partial charge in [0.1, 0.15) is 0 Å². The standard InChI is InChI=1S/C15H23N3O2/c1-4-18(10(2)9-20-3)14-8-13-11(7-12(14)16)5-6-15(19)17-13/h7-8,10H,4-6,9,16H2,1-3H3,(H,17,19). The van der Waals surface area contributed by atoms with Gasteiger partial charge in [-0.2, -0.15) is 0 Å². The molecule has 1 heterocycles. The monoisotopic (exact) mass is 277 g/mol. The molecule has 0 bridgehead atoms. The van der Waals surface area contributed by atoms with E-state index in [2.05, 4.69) is 24.1 Å². The first-order valence-electron chi connectivity index (χ1n) is 7.04. The van der Waals surface area contributed by atoms with Crippen LogP contribution in [0.3, 0.4) is 0 Å². The molecule has 0 radical (unpaired) electrons. The topological polar surface area (TPSA) is 67.6 Å². The van der Waals surface area contributed by atoms with E-state index in [9.17, 15) is 4.79 Å². The van der Waals surface area contributed by atoms with Gasteiger partial charge in [-0.05, 0) is 38.0 Å². The molecule has 5 nitrogen and oxygen atoms in total. The molecule has 1 aromatic carbocycles. The molecule has 110 valence electrons. The fourth-order valence-electron chi connectivity index (χ4n) is 2.74. The first kappa shape index (κ1) is 14.7. The lowest BCUT2D eigenvalue weighted by molar-refractivity contribution is -0.116. The van der Waals surface area contributed by atoms with E-state index in [1.807, 2.05) is 12.1 Å². The second-order valence-corrected chi connectivity index (χ2v) is 5.21. The van der Waals surface area contributed by atoms with Crippen molar-refractivity contribution in [2.75, 3.05) is 36.2 Å². The third-order valence-corrected chi connectivity index (χ3v) is 3.74. The smallest absolute Gasteiger partial charge is 0.224 e. The Morgan fingerprint density at radius 3 is 2.85 bits per heavy atom. The zero-order chi connectivity index (χ0) is 14.7. The van der Waals surface area contributed by atoms with Crippen molar-refractivity contribution in [2.24, 2.45) is 0 Å². The van der Waals surface area contributed by atoms with Crippen LogP contribution in [-0.2, 0) is 16.0 Å². The molecule has 1 aliphatic heterocycles. The highest BCUT2D eigenvalue weighted by molar-refractivity contribution is 5.95. The first-order chi connectivity index (χ1) is 9.56. The molecule has 0 saturated carbocycles. The van der Waals surface area contributed by atoms with Crippen molar-refractivity contribution in [1.82, 2.24) is 0 Å². The Morgan fingerprint density at radius 1 is 1.45 bits per heavy atom. The second-order valence-electron chi connectivity index (χ2n) is 5.21. The largest absolute Gasteiger partial charge is 0.397 e. The van der Waals surface area contributed by atoms with E-state index in [4.69, 9.17) is 10.5 Å². The highest BCUT2D eigenvalue weighted by Crippen LogP contribution is 2.34. The van der Waals surface area contributed by atoms with Crippen LogP contribution >= 0.6 is 0 Å². The number of likely N-dealkylation sites (N-methyl/N-ethyl adjacent to an activating group) is 1. The van der Waals surface area contributed by atoms with Gasteiger partial charge in [-0.1, -0.05) is 0 Å². The fraction of sp³-hybridized carbons (Fsp3) is 0.533. The SMILES string of the molecule is CCN(c1cc2c(cc1N)CCC(=O)N2)C(C)COC. The number of hydrogen-bond acceptors (Lipinski definition) is 4. The average Bonchev–Trinajstić information content (AvgIpc) is 2.41. The number of amides is 1. The number of nitrogens with one attached hydrogen (secondary N) is 1. The van der Waals surface area contributed by atoms with Crippen LogP contribution in [0, 0.1) is 0 Å². The third-order valence-electron chi connectivity index (χ3n) is 3.74. The Bertz CT molecular complexity index is 502. The summed E-state index contributed by atoms with van der Waals surface area (Å²) in [5, 5.41) is 2.92. The highest BCUT2D eigenvalue weighted by Gasteiger charge is 2.20. The number of nitrogens with two attached hydrogens (primary N) is 1. The van der Waals surface area contributed by atoms with Crippen LogP contribution < -0.4 is 16.0 Å². The van der Waals surface area contributed by atoms with Gasteiger partial charge < -0.3 is 20.7 Å². The van der Waals surface area contributed by atoms with Crippen LogP contribution in [-0.4, -0.2) is 32.2 Å². The Hall–Kier alpha value is -1.75. The summed E-state index contributed by atoms with van der Waals surface area (Å²) in [4.78, 5) is 13.7. The van der Waals surface area contributed by atoms with Crippen molar-refractivity contribution in [2.45, 2.75) is 32.7 Å².